The molecule has 0 aromatic heterocycles. The number of benzene rings is 1. The number of nitrogens with one attached hydrogen (secondary N) is 1. The van der Waals surface area contributed by atoms with Crippen LogP contribution < -0.4 is 5.32 Å². The third-order valence-corrected chi connectivity index (χ3v) is 3.70. The molecule has 1 aliphatic carbocycles. The van der Waals surface area contributed by atoms with Crippen LogP contribution in [0.15, 0.2) is 12.1 Å². The quantitative estimate of drug-likeness (QED) is 0.743. The van der Waals surface area contributed by atoms with Crippen LogP contribution in [0, 0.1) is 5.82 Å². The zero-order valence-electron chi connectivity index (χ0n) is 8.85. The Kier molecular flexibility index (Phi) is 2.24. The number of fused-ring (bicyclic) bond motifs is 1. The summed E-state index contributed by atoms with van der Waals surface area (Å²) in [6.45, 7) is 1.11. The summed E-state index contributed by atoms with van der Waals surface area (Å²) < 4.78 is 13.5. The zero-order chi connectivity index (χ0) is 10.3. The van der Waals surface area contributed by atoms with Crippen LogP contribution in [-0.4, -0.2) is 6.54 Å². The van der Waals surface area contributed by atoms with Gasteiger partial charge in [0.05, 0.1) is 0 Å². The van der Waals surface area contributed by atoms with E-state index in [1.807, 2.05) is 6.07 Å². The molecule has 15 heavy (non-hydrogen) atoms. The van der Waals surface area contributed by atoms with Crippen molar-refractivity contribution in [3.8, 4) is 0 Å². The van der Waals surface area contributed by atoms with Crippen LogP contribution >= 0.6 is 0 Å². The molecule has 1 heterocycles. The van der Waals surface area contributed by atoms with Gasteiger partial charge in [-0.2, -0.15) is 0 Å². The summed E-state index contributed by atoms with van der Waals surface area (Å²) in [4.78, 5) is 0. The van der Waals surface area contributed by atoms with Gasteiger partial charge in [0.1, 0.15) is 5.82 Å². The third kappa shape index (κ3) is 1.48. The van der Waals surface area contributed by atoms with E-state index in [0.717, 1.165) is 31.4 Å². The number of hydrogen-bond donors (Lipinski definition) is 1. The van der Waals surface area contributed by atoms with E-state index in [-0.39, 0.29) is 5.82 Å². The summed E-state index contributed by atoms with van der Waals surface area (Å²) in [5, 5.41) is 3.50. The topological polar surface area (TPSA) is 12.0 Å². The molecule has 1 aliphatic heterocycles. The first kappa shape index (κ1) is 9.34. The van der Waals surface area contributed by atoms with Crippen molar-refractivity contribution < 1.29 is 4.39 Å². The molecule has 80 valence electrons. The molecule has 2 heteroatoms. The van der Waals surface area contributed by atoms with Crippen LogP contribution in [0.25, 0.3) is 0 Å². The predicted molar refractivity (Wildman–Crippen MR) is 58.4 cm³/mol. The fourth-order valence-electron chi connectivity index (χ4n) is 2.97. The van der Waals surface area contributed by atoms with Gasteiger partial charge < -0.3 is 5.32 Å². The van der Waals surface area contributed by atoms with E-state index in [9.17, 15) is 4.39 Å². The lowest BCUT2D eigenvalue weighted by Crippen LogP contribution is -2.15. The van der Waals surface area contributed by atoms with E-state index in [1.165, 1.54) is 24.0 Å². The molecule has 0 radical (unpaired) electrons. The lowest BCUT2D eigenvalue weighted by Gasteiger charge is -2.15. The van der Waals surface area contributed by atoms with E-state index in [1.54, 1.807) is 6.07 Å². The Morgan fingerprint density at radius 1 is 1.13 bits per heavy atom. The molecule has 1 fully saturated rings. The zero-order valence-corrected chi connectivity index (χ0v) is 8.85. The predicted octanol–water partition coefficient (Wildman–Crippen LogP) is 2.74. The standard InChI is InChI=1S/C13H16FN/c14-12-7-6-11(13-5-2-8-15-13)9-3-1-4-10(9)12/h6-7,13,15H,1-5,8H2/t13-/m0/s1. The maximum Gasteiger partial charge on any atom is 0.126 e. The second-order valence-corrected chi connectivity index (χ2v) is 4.60. The van der Waals surface area contributed by atoms with Crippen LogP contribution in [0.2, 0.25) is 0 Å². The fourth-order valence-corrected chi connectivity index (χ4v) is 2.97. The maximum absolute atomic E-state index is 13.5. The van der Waals surface area contributed by atoms with E-state index in [0.29, 0.717) is 6.04 Å². The fraction of sp³-hybridized carbons (Fsp3) is 0.538. The largest absolute Gasteiger partial charge is 0.310 e. The smallest absolute Gasteiger partial charge is 0.126 e. The van der Waals surface area contributed by atoms with E-state index in [2.05, 4.69) is 5.32 Å². The first-order chi connectivity index (χ1) is 7.36. The normalized spacial score (nSPS) is 24.5. The molecule has 0 amide bonds. The van der Waals surface area contributed by atoms with Gasteiger partial charge in [-0.05, 0) is 61.4 Å². The van der Waals surface area contributed by atoms with Crippen molar-refractivity contribution in [2.75, 3.05) is 6.54 Å². The Morgan fingerprint density at radius 3 is 2.80 bits per heavy atom. The Labute approximate surface area is 89.7 Å². The molecule has 1 atom stereocenters. The highest BCUT2D eigenvalue weighted by atomic mass is 19.1. The SMILES string of the molecule is Fc1ccc([C@@H]2CCCN2)c2c1CCC2. The molecule has 1 N–H and O–H groups in total. The van der Waals surface area contributed by atoms with Gasteiger partial charge in [0.15, 0.2) is 0 Å². The van der Waals surface area contributed by atoms with Gasteiger partial charge in [0.25, 0.3) is 0 Å². The molecule has 2 aliphatic rings. The highest BCUT2D eigenvalue weighted by molar-refractivity contribution is 5.41. The van der Waals surface area contributed by atoms with Crippen LogP contribution in [0.3, 0.4) is 0 Å². The van der Waals surface area contributed by atoms with Gasteiger partial charge in [0.2, 0.25) is 0 Å². The first-order valence-corrected chi connectivity index (χ1v) is 5.90. The molecule has 0 bridgehead atoms. The molecule has 3 rings (SSSR count). The molecule has 1 nitrogen and oxygen atoms in total. The second-order valence-electron chi connectivity index (χ2n) is 4.60. The summed E-state index contributed by atoms with van der Waals surface area (Å²) in [5.74, 6) is 0.00393. The molecule has 0 spiro atoms. The molecule has 1 aromatic rings. The van der Waals surface area contributed by atoms with E-state index < -0.39 is 0 Å². The van der Waals surface area contributed by atoms with Crippen LogP contribution in [0.4, 0.5) is 4.39 Å². The molecule has 1 saturated heterocycles. The Balaban J connectivity index is 2.04. The molecule has 0 unspecified atom stereocenters. The number of halogens is 1. The molecular weight excluding hydrogens is 189 g/mol. The van der Waals surface area contributed by atoms with Crippen molar-refractivity contribution >= 4 is 0 Å². The van der Waals surface area contributed by atoms with Gasteiger partial charge >= 0.3 is 0 Å². The lowest BCUT2D eigenvalue weighted by atomic mass is 9.96. The minimum Gasteiger partial charge on any atom is -0.310 e. The Bertz CT molecular complexity index is 380. The minimum atomic E-state index is 0.00393. The highest BCUT2D eigenvalue weighted by Gasteiger charge is 2.24. The second kappa shape index (κ2) is 3.60. The third-order valence-electron chi connectivity index (χ3n) is 3.70. The monoisotopic (exact) mass is 205 g/mol. The summed E-state index contributed by atoms with van der Waals surface area (Å²) in [6, 6.07) is 4.12. The molecule has 1 aromatic carbocycles. The van der Waals surface area contributed by atoms with E-state index in [4.69, 9.17) is 0 Å². The average Bonchev–Trinajstić information content (AvgIpc) is 2.88. The molecular formula is C13H16FN. The van der Waals surface area contributed by atoms with Crippen molar-refractivity contribution in [1.29, 1.82) is 0 Å². The van der Waals surface area contributed by atoms with Gasteiger partial charge in [-0.25, -0.2) is 4.39 Å². The number of hydrogen-bond acceptors (Lipinski definition) is 1. The van der Waals surface area contributed by atoms with Crippen molar-refractivity contribution in [3.05, 3.63) is 34.6 Å². The first-order valence-electron chi connectivity index (χ1n) is 5.90. The Morgan fingerprint density at radius 2 is 2.00 bits per heavy atom. The van der Waals surface area contributed by atoms with Crippen molar-refractivity contribution in [3.63, 3.8) is 0 Å². The van der Waals surface area contributed by atoms with Crippen molar-refractivity contribution in [1.82, 2.24) is 5.32 Å². The van der Waals surface area contributed by atoms with Crippen molar-refractivity contribution in [2.24, 2.45) is 0 Å². The van der Waals surface area contributed by atoms with Crippen LogP contribution in [0.1, 0.15) is 42.0 Å². The van der Waals surface area contributed by atoms with Gasteiger partial charge in [-0.3, -0.25) is 0 Å². The molecule has 0 saturated carbocycles. The van der Waals surface area contributed by atoms with Gasteiger partial charge in [0, 0.05) is 6.04 Å². The Hall–Kier alpha value is -0.890. The van der Waals surface area contributed by atoms with Crippen LogP contribution in [0.5, 0.6) is 0 Å². The van der Waals surface area contributed by atoms with E-state index >= 15 is 0 Å². The number of rotatable bonds is 1. The summed E-state index contributed by atoms with van der Waals surface area (Å²) in [7, 11) is 0. The van der Waals surface area contributed by atoms with Crippen LogP contribution in [-0.2, 0) is 12.8 Å². The summed E-state index contributed by atoms with van der Waals surface area (Å²) >= 11 is 0. The van der Waals surface area contributed by atoms with Gasteiger partial charge in [-0.15, -0.1) is 0 Å². The maximum atomic E-state index is 13.5. The minimum absolute atomic E-state index is 0.00393. The lowest BCUT2D eigenvalue weighted by molar-refractivity contribution is 0.604. The summed E-state index contributed by atoms with van der Waals surface area (Å²) in [6.07, 6.45) is 5.58. The van der Waals surface area contributed by atoms with Gasteiger partial charge in [-0.1, -0.05) is 6.07 Å². The van der Waals surface area contributed by atoms with Crippen molar-refractivity contribution in [2.45, 2.75) is 38.1 Å². The average molecular weight is 205 g/mol. The highest BCUT2D eigenvalue weighted by Crippen LogP contribution is 2.34. The summed E-state index contributed by atoms with van der Waals surface area (Å²) in [5.41, 5.74) is 3.65.